The van der Waals surface area contributed by atoms with Gasteiger partial charge in [-0.05, 0) is 31.2 Å². The van der Waals surface area contributed by atoms with Gasteiger partial charge in [0, 0.05) is 17.1 Å². The van der Waals surface area contributed by atoms with Gasteiger partial charge in [-0.1, -0.05) is 41.3 Å². The van der Waals surface area contributed by atoms with Crippen molar-refractivity contribution in [3.63, 3.8) is 0 Å². The molecule has 3 N–H and O–H groups in total. The zero-order valence-electron chi connectivity index (χ0n) is 16.5. The van der Waals surface area contributed by atoms with Crippen molar-refractivity contribution >= 4 is 45.9 Å². The lowest BCUT2D eigenvalue weighted by Gasteiger charge is -2.27. The maximum Gasteiger partial charge on any atom is 0.338 e. The van der Waals surface area contributed by atoms with Gasteiger partial charge in [-0.3, -0.25) is 0 Å². The number of thioether (sulfide) groups is 1. The molecule has 0 saturated heterocycles. The lowest BCUT2D eigenvalue weighted by molar-refractivity contribution is -0.139. The number of benzene rings is 1. The van der Waals surface area contributed by atoms with Gasteiger partial charge in [0.1, 0.15) is 11.8 Å². The molecule has 2 amide bonds. The van der Waals surface area contributed by atoms with Crippen molar-refractivity contribution in [1.82, 2.24) is 20.8 Å². The molecule has 3 aromatic rings. The Labute approximate surface area is 186 Å². The second-order valence-electron chi connectivity index (χ2n) is 6.31. The van der Waals surface area contributed by atoms with E-state index >= 15 is 0 Å². The minimum atomic E-state index is -0.733. The lowest BCUT2D eigenvalue weighted by Crippen LogP contribution is -2.46. The van der Waals surface area contributed by atoms with Gasteiger partial charge in [-0.2, -0.15) is 0 Å². The lowest BCUT2D eigenvalue weighted by atomic mass is 10.0. The molecule has 3 heterocycles. The van der Waals surface area contributed by atoms with E-state index in [1.807, 2.05) is 30.3 Å². The smallest absolute Gasteiger partial charge is 0.338 e. The topological polar surface area (TPSA) is 118 Å². The molecule has 1 atom stereocenters. The van der Waals surface area contributed by atoms with Crippen LogP contribution in [0.3, 0.4) is 0 Å². The SMILES string of the molecule is CCOC(=O)C1=C(CSc2nnc(Nc3ccccc3)s2)NC(=O)NC1c1ccco1. The van der Waals surface area contributed by atoms with Crippen LogP contribution in [0.15, 0.2) is 68.8 Å². The Morgan fingerprint density at radius 1 is 1.26 bits per heavy atom. The highest BCUT2D eigenvalue weighted by Gasteiger charge is 2.35. The molecule has 0 saturated carbocycles. The fraction of sp³-hybridized carbons (Fsp3) is 0.200. The Balaban J connectivity index is 1.53. The van der Waals surface area contributed by atoms with E-state index in [2.05, 4.69) is 26.1 Å². The number of ether oxygens (including phenoxy) is 1. The molecule has 1 unspecified atom stereocenters. The highest BCUT2D eigenvalue weighted by Crippen LogP contribution is 2.33. The minimum Gasteiger partial charge on any atom is -0.467 e. The Morgan fingerprint density at radius 2 is 2.10 bits per heavy atom. The van der Waals surface area contributed by atoms with Crippen LogP contribution in [0.2, 0.25) is 0 Å². The van der Waals surface area contributed by atoms with Gasteiger partial charge in [-0.15, -0.1) is 10.2 Å². The van der Waals surface area contributed by atoms with E-state index in [0.717, 1.165) is 5.69 Å². The predicted octanol–water partition coefficient (Wildman–Crippen LogP) is 3.84. The number of nitrogens with one attached hydrogen (secondary N) is 3. The van der Waals surface area contributed by atoms with Crippen LogP contribution in [0.1, 0.15) is 18.7 Å². The van der Waals surface area contributed by atoms with Crippen LogP contribution >= 0.6 is 23.1 Å². The number of furan rings is 1. The molecular formula is C20H19N5O4S2. The highest BCUT2D eigenvalue weighted by atomic mass is 32.2. The zero-order valence-corrected chi connectivity index (χ0v) is 18.1. The predicted molar refractivity (Wildman–Crippen MR) is 117 cm³/mol. The van der Waals surface area contributed by atoms with Crippen molar-refractivity contribution in [3.8, 4) is 0 Å². The summed E-state index contributed by atoms with van der Waals surface area (Å²) in [4.78, 5) is 24.9. The third kappa shape index (κ3) is 5.06. The van der Waals surface area contributed by atoms with Gasteiger partial charge in [0.2, 0.25) is 5.13 Å². The average Bonchev–Trinajstić information content (AvgIpc) is 3.45. The van der Waals surface area contributed by atoms with E-state index in [1.54, 1.807) is 19.1 Å². The number of anilines is 2. The molecule has 160 valence electrons. The van der Waals surface area contributed by atoms with Crippen LogP contribution in [0.4, 0.5) is 15.6 Å². The number of para-hydroxylation sites is 1. The maximum atomic E-state index is 12.7. The van der Waals surface area contributed by atoms with Gasteiger partial charge in [0.15, 0.2) is 4.34 Å². The molecule has 11 heteroatoms. The van der Waals surface area contributed by atoms with E-state index in [-0.39, 0.29) is 6.61 Å². The molecule has 0 fully saturated rings. The first-order valence-corrected chi connectivity index (χ1v) is 11.2. The summed E-state index contributed by atoms with van der Waals surface area (Å²) >= 11 is 2.74. The molecule has 1 aliphatic heterocycles. The van der Waals surface area contributed by atoms with E-state index in [0.29, 0.717) is 32.3 Å². The van der Waals surface area contributed by atoms with Gasteiger partial charge >= 0.3 is 12.0 Å². The summed E-state index contributed by atoms with van der Waals surface area (Å²) in [5.41, 5.74) is 1.66. The molecule has 0 spiro atoms. The Bertz CT molecular complexity index is 1080. The summed E-state index contributed by atoms with van der Waals surface area (Å²) < 4.78 is 11.3. The van der Waals surface area contributed by atoms with Crippen molar-refractivity contribution in [3.05, 3.63) is 65.8 Å². The van der Waals surface area contributed by atoms with Crippen LogP contribution in [-0.4, -0.2) is 34.6 Å². The van der Waals surface area contributed by atoms with Crippen LogP contribution in [0.5, 0.6) is 0 Å². The number of carbonyl (C=O) groups is 2. The average molecular weight is 458 g/mol. The van der Waals surface area contributed by atoms with Crippen molar-refractivity contribution in [2.75, 3.05) is 17.7 Å². The Kier molecular flexibility index (Phi) is 6.53. The van der Waals surface area contributed by atoms with Crippen LogP contribution in [0, 0.1) is 0 Å². The van der Waals surface area contributed by atoms with Crippen molar-refractivity contribution in [2.45, 2.75) is 17.3 Å². The molecule has 31 heavy (non-hydrogen) atoms. The fourth-order valence-electron chi connectivity index (χ4n) is 2.95. The first kappa shape index (κ1) is 20.9. The second kappa shape index (κ2) is 9.67. The van der Waals surface area contributed by atoms with Gasteiger partial charge < -0.3 is 25.1 Å². The van der Waals surface area contributed by atoms with Crippen molar-refractivity contribution < 1.29 is 18.7 Å². The van der Waals surface area contributed by atoms with E-state index in [4.69, 9.17) is 9.15 Å². The van der Waals surface area contributed by atoms with Gasteiger partial charge in [-0.25, -0.2) is 9.59 Å². The van der Waals surface area contributed by atoms with Crippen molar-refractivity contribution in [1.29, 1.82) is 0 Å². The molecule has 0 bridgehead atoms. The van der Waals surface area contributed by atoms with Crippen molar-refractivity contribution in [2.24, 2.45) is 0 Å². The van der Waals surface area contributed by atoms with Crippen LogP contribution in [-0.2, 0) is 9.53 Å². The van der Waals surface area contributed by atoms with Gasteiger partial charge in [0.05, 0.1) is 18.4 Å². The summed E-state index contributed by atoms with van der Waals surface area (Å²) in [7, 11) is 0. The first-order valence-electron chi connectivity index (χ1n) is 9.43. The summed E-state index contributed by atoms with van der Waals surface area (Å²) in [6.45, 7) is 1.94. The summed E-state index contributed by atoms with van der Waals surface area (Å²) in [6.07, 6.45) is 1.49. The molecule has 2 aromatic heterocycles. The molecule has 9 nitrogen and oxygen atoms in total. The number of hydrogen-bond donors (Lipinski definition) is 3. The Morgan fingerprint density at radius 3 is 2.84 bits per heavy atom. The van der Waals surface area contributed by atoms with Crippen LogP contribution < -0.4 is 16.0 Å². The second-order valence-corrected chi connectivity index (χ2v) is 8.51. The number of hydrogen-bond acceptors (Lipinski definition) is 9. The standard InChI is InChI=1S/C20H19N5O4S2/c1-2-28-17(26)15-13(22-18(27)23-16(15)14-9-6-10-29-14)11-30-20-25-24-19(31-20)21-12-7-4-3-5-8-12/h3-10,16H,2,11H2,1H3,(H,21,24)(H2,22,23,27). The van der Waals surface area contributed by atoms with E-state index in [1.165, 1.54) is 29.4 Å². The molecule has 4 rings (SSSR count). The number of esters is 1. The van der Waals surface area contributed by atoms with E-state index in [9.17, 15) is 9.59 Å². The maximum absolute atomic E-state index is 12.7. The summed E-state index contributed by atoms with van der Waals surface area (Å²) in [5.74, 6) is 0.236. The largest absolute Gasteiger partial charge is 0.467 e. The summed E-state index contributed by atoms with van der Waals surface area (Å²) in [6, 6.07) is 11.9. The Hall–Kier alpha value is -3.31. The minimum absolute atomic E-state index is 0.215. The third-order valence-corrected chi connectivity index (χ3v) is 6.25. The number of carbonyl (C=O) groups excluding carboxylic acids is 2. The van der Waals surface area contributed by atoms with Gasteiger partial charge in [0.25, 0.3) is 0 Å². The normalized spacial score (nSPS) is 15.9. The number of aromatic nitrogens is 2. The highest BCUT2D eigenvalue weighted by molar-refractivity contribution is 8.01. The molecular weight excluding hydrogens is 438 g/mol. The quantitative estimate of drug-likeness (QED) is 0.345. The number of nitrogens with zero attached hydrogens (tertiary/aromatic N) is 2. The van der Waals surface area contributed by atoms with E-state index < -0.39 is 18.0 Å². The molecule has 0 radical (unpaired) electrons. The fourth-order valence-corrected chi connectivity index (χ4v) is 4.69. The zero-order chi connectivity index (χ0) is 21.6. The first-order chi connectivity index (χ1) is 15.1. The number of amides is 2. The monoisotopic (exact) mass is 457 g/mol. The summed E-state index contributed by atoms with van der Waals surface area (Å²) in [5, 5.41) is 17.6. The number of urea groups is 1. The molecule has 1 aliphatic rings. The molecule has 0 aliphatic carbocycles. The third-order valence-electron chi connectivity index (χ3n) is 4.25. The molecule has 1 aromatic carbocycles. The number of rotatable bonds is 8. The van der Waals surface area contributed by atoms with Crippen LogP contribution in [0.25, 0.3) is 0 Å².